The highest BCUT2D eigenvalue weighted by Crippen LogP contribution is 2.50. The SMILES string of the molecule is O=C(O)CP(=O)(OCl)OCl. The van der Waals surface area contributed by atoms with Gasteiger partial charge >= 0.3 is 13.6 Å². The van der Waals surface area contributed by atoms with Crippen LogP contribution in [-0.2, 0) is 17.5 Å². The van der Waals surface area contributed by atoms with Crippen molar-refractivity contribution < 1.29 is 22.6 Å². The Hall–Kier alpha value is 0.200. The lowest BCUT2D eigenvalue weighted by Gasteiger charge is -2.04. The average molecular weight is 209 g/mol. The highest BCUT2D eigenvalue weighted by molar-refractivity contribution is 7.56. The molecule has 0 aliphatic carbocycles. The summed E-state index contributed by atoms with van der Waals surface area (Å²) >= 11 is 9.23. The predicted octanol–water partition coefficient (Wildman–Crippen LogP) is 1.60. The zero-order valence-corrected chi connectivity index (χ0v) is 6.90. The van der Waals surface area contributed by atoms with Crippen molar-refractivity contribution in [2.45, 2.75) is 0 Å². The van der Waals surface area contributed by atoms with Crippen molar-refractivity contribution >= 4 is 37.3 Å². The largest absolute Gasteiger partial charge is 0.481 e. The maximum Gasteiger partial charge on any atom is 0.374 e. The van der Waals surface area contributed by atoms with Gasteiger partial charge < -0.3 is 5.11 Å². The summed E-state index contributed by atoms with van der Waals surface area (Å²) in [5, 5.41) is 8.06. The molecule has 0 radical (unpaired) electrons. The molecule has 1 N–H and O–H groups in total. The smallest absolute Gasteiger partial charge is 0.374 e. The summed E-state index contributed by atoms with van der Waals surface area (Å²) in [6.45, 7) is 0. The van der Waals surface area contributed by atoms with Crippen LogP contribution >= 0.6 is 31.3 Å². The minimum Gasteiger partial charge on any atom is -0.481 e. The molecule has 0 aliphatic heterocycles. The number of carboxylic acids is 1. The Morgan fingerprint density at radius 2 is 1.90 bits per heavy atom. The minimum absolute atomic E-state index is 0.861. The summed E-state index contributed by atoms with van der Waals surface area (Å²) in [6, 6.07) is 0. The molecule has 0 saturated heterocycles. The van der Waals surface area contributed by atoms with Gasteiger partial charge in [0.1, 0.15) is 6.16 Å². The van der Waals surface area contributed by atoms with E-state index < -0.39 is 19.7 Å². The second-order valence-electron chi connectivity index (χ2n) is 1.30. The van der Waals surface area contributed by atoms with E-state index in [4.69, 9.17) is 5.11 Å². The molecule has 60 valence electrons. The predicted molar refractivity (Wildman–Crippen MR) is 34.0 cm³/mol. The zero-order valence-electron chi connectivity index (χ0n) is 4.49. The van der Waals surface area contributed by atoms with E-state index in [9.17, 15) is 9.36 Å². The molecule has 0 amide bonds. The molecule has 0 unspecified atom stereocenters. The molecule has 0 aliphatic rings. The first-order chi connectivity index (χ1) is 4.54. The van der Waals surface area contributed by atoms with Crippen LogP contribution < -0.4 is 0 Å². The maximum atomic E-state index is 10.7. The Bertz CT molecular complexity index is 161. The van der Waals surface area contributed by atoms with Crippen LogP contribution in [0.2, 0.25) is 0 Å². The van der Waals surface area contributed by atoms with Crippen LogP contribution in [0, 0.1) is 0 Å². The molecule has 0 spiro atoms. The summed E-state index contributed by atoms with van der Waals surface area (Å²) in [5.74, 6) is -1.37. The maximum absolute atomic E-state index is 10.7. The van der Waals surface area contributed by atoms with Crippen LogP contribution in [0.5, 0.6) is 0 Å². The zero-order chi connectivity index (χ0) is 8.20. The van der Waals surface area contributed by atoms with E-state index in [-0.39, 0.29) is 0 Å². The van der Waals surface area contributed by atoms with Gasteiger partial charge in [-0.15, -0.1) is 0 Å². The van der Waals surface area contributed by atoms with Crippen molar-refractivity contribution in [2.75, 3.05) is 6.16 Å². The van der Waals surface area contributed by atoms with Gasteiger partial charge in [-0.25, -0.2) is 0 Å². The molecule has 0 aromatic heterocycles. The normalized spacial score (nSPS) is 11.4. The third kappa shape index (κ3) is 3.39. The van der Waals surface area contributed by atoms with Gasteiger partial charge in [0.15, 0.2) is 0 Å². The summed E-state index contributed by atoms with van der Waals surface area (Å²) in [7, 11) is -3.81. The first kappa shape index (κ1) is 10.2. The van der Waals surface area contributed by atoms with Gasteiger partial charge in [0, 0.05) is 0 Å². The highest BCUT2D eigenvalue weighted by Gasteiger charge is 2.28. The van der Waals surface area contributed by atoms with Crippen molar-refractivity contribution in [3.8, 4) is 0 Å². The number of rotatable bonds is 4. The first-order valence-corrected chi connectivity index (χ1v) is 4.30. The van der Waals surface area contributed by atoms with Crippen LogP contribution in [0.15, 0.2) is 0 Å². The van der Waals surface area contributed by atoms with Gasteiger partial charge in [-0.2, -0.15) is 8.15 Å². The van der Waals surface area contributed by atoms with Gasteiger partial charge in [0.2, 0.25) is 0 Å². The average Bonchev–Trinajstić information content (AvgIpc) is 1.87. The van der Waals surface area contributed by atoms with Gasteiger partial charge in [0.05, 0.1) is 23.7 Å². The Morgan fingerprint density at radius 1 is 1.50 bits per heavy atom. The Kier molecular flexibility index (Phi) is 4.24. The van der Waals surface area contributed by atoms with Crippen LogP contribution in [0.1, 0.15) is 0 Å². The van der Waals surface area contributed by atoms with E-state index in [0.717, 1.165) is 0 Å². The molecule has 0 fully saturated rings. The molecular formula is C2H3Cl2O5P. The molecule has 0 aromatic rings. The third-order valence-corrected chi connectivity index (χ3v) is 2.88. The number of hydrogen-bond donors (Lipinski definition) is 1. The van der Waals surface area contributed by atoms with Crippen LogP contribution in [0.4, 0.5) is 0 Å². The second kappa shape index (κ2) is 4.16. The molecule has 5 nitrogen and oxygen atoms in total. The fourth-order valence-electron chi connectivity index (χ4n) is 0.225. The molecule has 0 heterocycles. The van der Waals surface area contributed by atoms with Gasteiger partial charge in [-0.1, -0.05) is 0 Å². The summed E-state index contributed by atoms with van der Waals surface area (Å²) in [5.41, 5.74) is 0. The van der Waals surface area contributed by atoms with E-state index >= 15 is 0 Å². The quantitative estimate of drug-likeness (QED) is 0.711. The summed E-state index contributed by atoms with van der Waals surface area (Å²) < 4.78 is 18.1. The number of aliphatic carboxylic acids is 1. The lowest BCUT2D eigenvalue weighted by molar-refractivity contribution is -0.134. The summed E-state index contributed by atoms with van der Waals surface area (Å²) in [6.07, 6.45) is -0.861. The van der Waals surface area contributed by atoms with Crippen LogP contribution in [0.3, 0.4) is 0 Å². The lowest BCUT2D eigenvalue weighted by Crippen LogP contribution is -2.03. The summed E-state index contributed by atoms with van der Waals surface area (Å²) in [4.78, 5) is 9.88. The van der Waals surface area contributed by atoms with E-state index in [2.05, 4.69) is 31.9 Å². The molecule has 8 heteroatoms. The van der Waals surface area contributed by atoms with Crippen molar-refractivity contribution in [3.05, 3.63) is 0 Å². The van der Waals surface area contributed by atoms with E-state index in [1.54, 1.807) is 0 Å². The topological polar surface area (TPSA) is 72.8 Å². The fourth-order valence-corrected chi connectivity index (χ4v) is 1.22. The highest BCUT2D eigenvalue weighted by atomic mass is 35.5. The molecule has 0 bridgehead atoms. The number of halogens is 2. The molecule has 0 saturated carbocycles. The van der Waals surface area contributed by atoms with Crippen molar-refractivity contribution in [3.63, 3.8) is 0 Å². The van der Waals surface area contributed by atoms with E-state index in [1.807, 2.05) is 0 Å². The van der Waals surface area contributed by atoms with Gasteiger partial charge in [-0.05, 0) is 0 Å². The Morgan fingerprint density at radius 3 is 2.00 bits per heavy atom. The molecular weight excluding hydrogens is 206 g/mol. The fraction of sp³-hybridized carbons (Fsp3) is 0.500. The van der Waals surface area contributed by atoms with Crippen LogP contribution in [0.25, 0.3) is 0 Å². The van der Waals surface area contributed by atoms with Crippen molar-refractivity contribution in [1.29, 1.82) is 0 Å². The first-order valence-electron chi connectivity index (χ1n) is 1.95. The monoisotopic (exact) mass is 208 g/mol. The number of carbonyl (C=O) groups is 1. The van der Waals surface area contributed by atoms with Gasteiger partial charge in [-0.3, -0.25) is 9.36 Å². The molecule has 0 rings (SSSR count). The Balaban J connectivity index is 4.07. The second-order valence-corrected chi connectivity index (χ2v) is 3.94. The van der Waals surface area contributed by atoms with Gasteiger partial charge in [0.25, 0.3) is 0 Å². The molecule has 0 aromatic carbocycles. The number of hydrogen-bond acceptors (Lipinski definition) is 4. The van der Waals surface area contributed by atoms with Crippen molar-refractivity contribution in [1.82, 2.24) is 0 Å². The molecule has 0 atom stereocenters. The van der Waals surface area contributed by atoms with E-state index in [1.165, 1.54) is 0 Å². The standard InChI is InChI=1S/C2H3Cl2O5P/c3-8-10(7,9-4)1-2(5)6/h1H2,(H,5,6). The minimum atomic E-state index is -3.81. The lowest BCUT2D eigenvalue weighted by atomic mass is 10.8. The molecule has 10 heavy (non-hydrogen) atoms. The van der Waals surface area contributed by atoms with Crippen LogP contribution in [-0.4, -0.2) is 17.2 Å². The van der Waals surface area contributed by atoms with Crippen molar-refractivity contribution in [2.24, 2.45) is 0 Å². The third-order valence-electron chi connectivity index (χ3n) is 0.539. The Labute approximate surface area is 66.7 Å². The van der Waals surface area contributed by atoms with E-state index in [0.29, 0.717) is 0 Å². The number of carboxylic acid groups (broad SMARTS) is 1.